The topological polar surface area (TPSA) is 57.7 Å². The lowest BCUT2D eigenvalue weighted by Crippen LogP contribution is -2.49. The Kier molecular flexibility index (Phi) is 4.91. The maximum atomic E-state index is 13.8. The van der Waals surface area contributed by atoms with Crippen molar-refractivity contribution < 1.29 is 14.4 Å². The van der Waals surface area contributed by atoms with Crippen LogP contribution in [0.15, 0.2) is 91.0 Å². The van der Waals surface area contributed by atoms with Crippen LogP contribution in [-0.2, 0) is 16.0 Å². The van der Waals surface area contributed by atoms with Gasteiger partial charge in [0.1, 0.15) is 6.04 Å². The Bertz CT molecular complexity index is 1300. The normalized spacial score (nSPS) is 24.7. The number of benzene rings is 3. The molecule has 0 bridgehead atoms. The second-order valence-electron chi connectivity index (χ2n) is 9.11. The lowest BCUT2D eigenvalue weighted by atomic mass is 9.86. The van der Waals surface area contributed by atoms with Crippen molar-refractivity contribution in [1.29, 1.82) is 0 Å². The Morgan fingerprint density at radius 3 is 2.18 bits per heavy atom. The van der Waals surface area contributed by atoms with E-state index in [9.17, 15) is 14.4 Å². The fourth-order valence-electron chi connectivity index (χ4n) is 5.75. The lowest BCUT2D eigenvalue weighted by molar-refractivity contribution is -0.140. The maximum Gasteiger partial charge on any atom is 0.235 e. The summed E-state index contributed by atoms with van der Waals surface area (Å²) in [6, 6.07) is 25.7. The summed E-state index contributed by atoms with van der Waals surface area (Å²) >= 11 is 0. The maximum absolute atomic E-state index is 13.8. The number of imide groups is 1. The number of amides is 2. The Balaban J connectivity index is 1.39. The van der Waals surface area contributed by atoms with Crippen LogP contribution in [0.5, 0.6) is 0 Å². The van der Waals surface area contributed by atoms with Gasteiger partial charge in [-0.1, -0.05) is 91.0 Å². The summed E-state index contributed by atoms with van der Waals surface area (Å²) in [5.41, 5.74) is 3.52. The molecule has 6 rings (SSSR count). The third-order valence-corrected chi connectivity index (χ3v) is 7.30. The van der Waals surface area contributed by atoms with Crippen LogP contribution in [0.2, 0.25) is 0 Å². The van der Waals surface area contributed by atoms with Gasteiger partial charge in [0.2, 0.25) is 11.8 Å². The van der Waals surface area contributed by atoms with Crippen molar-refractivity contribution in [2.75, 3.05) is 11.4 Å². The van der Waals surface area contributed by atoms with Crippen LogP contribution < -0.4 is 4.90 Å². The smallest absolute Gasteiger partial charge is 0.235 e. The molecule has 34 heavy (non-hydrogen) atoms. The van der Waals surface area contributed by atoms with E-state index in [0.29, 0.717) is 18.5 Å². The van der Waals surface area contributed by atoms with E-state index in [1.54, 1.807) is 12.1 Å². The van der Waals surface area contributed by atoms with Gasteiger partial charge >= 0.3 is 0 Å². The average Bonchev–Trinajstić information content (AvgIpc) is 3.36. The molecule has 168 valence electrons. The first-order valence-electron chi connectivity index (χ1n) is 11.7. The van der Waals surface area contributed by atoms with Crippen LogP contribution in [0, 0.1) is 11.8 Å². The number of carbonyl (C=O) groups excluding carboxylic acids is 3. The molecule has 4 atom stereocenters. The van der Waals surface area contributed by atoms with Gasteiger partial charge in [-0.05, 0) is 23.6 Å². The number of rotatable bonds is 5. The number of carbonyl (C=O) groups is 3. The Morgan fingerprint density at radius 2 is 1.41 bits per heavy atom. The molecule has 3 aromatic carbocycles. The summed E-state index contributed by atoms with van der Waals surface area (Å²) < 4.78 is 0. The fraction of sp³-hybridized carbons (Fsp3) is 0.207. The van der Waals surface area contributed by atoms with Crippen LogP contribution in [0.1, 0.15) is 21.5 Å². The van der Waals surface area contributed by atoms with Crippen LogP contribution in [0.3, 0.4) is 0 Å². The standard InChI is InChI=1S/C29H24N2O3/c32-27(21-12-5-2-6-13-21)26-25-24(23-16-15-20-11-7-8-14-22(20)31(23)26)28(33)30(29(25)34)18-17-19-9-3-1-4-10-19/h1-16,23-26H,17-18H2/t23-,24-,25-,26+/m0/s1. The number of hydrogen-bond donors (Lipinski definition) is 0. The van der Waals surface area contributed by atoms with Gasteiger partial charge in [-0.15, -0.1) is 0 Å². The van der Waals surface area contributed by atoms with E-state index in [-0.39, 0.29) is 23.6 Å². The van der Waals surface area contributed by atoms with Crippen LogP contribution in [-0.4, -0.2) is 41.1 Å². The molecule has 3 aliphatic rings. The summed E-state index contributed by atoms with van der Waals surface area (Å²) in [4.78, 5) is 44.6. The summed E-state index contributed by atoms with van der Waals surface area (Å²) in [6.07, 6.45) is 4.60. The molecular formula is C29H24N2O3. The summed E-state index contributed by atoms with van der Waals surface area (Å²) in [5, 5.41) is 0. The first-order valence-corrected chi connectivity index (χ1v) is 11.7. The molecule has 3 aliphatic heterocycles. The minimum Gasteiger partial charge on any atom is -0.352 e. The molecule has 0 saturated carbocycles. The predicted molar refractivity (Wildman–Crippen MR) is 130 cm³/mol. The molecule has 2 fully saturated rings. The zero-order chi connectivity index (χ0) is 23.2. The highest BCUT2D eigenvalue weighted by molar-refractivity contribution is 6.14. The van der Waals surface area contributed by atoms with E-state index in [0.717, 1.165) is 16.8 Å². The Morgan fingerprint density at radius 1 is 0.765 bits per heavy atom. The minimum atomic E-state index is -0.721. The second kappa shape index (κ2) is 8.10. The molecule has 0 spiro atoms. The quantitative estimate of drug-likeness (QED) is 0.437. The SMILES string of the molecule is O=C(c1ccccc1)[C@H]1[C@H]2C(=O)N(CCc3ccccc3)C(=O)[C@H]2[C@@H]2C=Cc3ccccc3N21. The van der Waals surface area contributed by atoms with E-state index in [1.165, 1.54) is 4.90 Å². The molecule has 2 amide bonds. The van der Waals surface area contributed by atoms with Crippen molar-refractivity contribution in [1.82, 2.24) is 4.90 Å². The van der Waals surface area contributed by atoms with E-state index < -0.39 is 17.9 Å². The van der Waals surface area contributed by atoms with Gasteiger partial charge in [-0.3, -0.25) is 19.3 Å². The van der Waals surface area contributed by atoms with Gasteiger partial charge in [0.25, 0.3) is 0 Å². The van der Waals surface area contributed by atoms with Crippen molar-refractivity contribution >= 4 is 29.4 Å². The predicted octanol–water partition coefficient (Wildman–Crippen LogP) is 4.00. The van der Waals surface area contributed by atoms with Crippen LogP contribution in [0.25, 0.3) is 6.08 Å². The number of Topliss-reactive ketones (excluding diaryl/α,β-unsaturated/α-hetero) is 1. The lowest BCUT2D eigenvalue weighted by Gasteiger charge is -2.36. The van der Waals surface area contributed by atoms with Crippen molar-refractivity contribution in [2.24, 2.45) is 11.8 Å². The van der Waals surface area contributed by atoms with Crippen molar-refractivity contribution in [2.45, 2.75) is 18.5 Å². The molecule has 5 heteroatoms. The molecule has 0 aromatic heterocycles. The molecule has 0 N–H and O–H groups in total. The molecule has 3 heterocycles. The van der Waals surface area contributed by atoms with Gasteiger partial charge in [0, 0.05) is 17.8 Å². The van der Waals surface area contributed by atoms with Crippen molar-refractivity contribution in [3.63, 3.8) is 0 Å². The summed E-state index contributed by atoms with van der Waals surface area (Å²) in [6.45, 7) is 0.327. The molecule has 2 saturated heterocycles. The van der Waals surface area contributed by atoms with E-state index >= 15 is 0 Å². The number of anilines is 1. The number of nitrogens with zero attached hydrogens (tertiary/aromatic N) is 2. The highest BCUT2D eigenvalue weighted by Crippen LogP contribution is 2.49. The first-order chi connectivity index (χ1) is 16.6. The van der Waals surface area contributed by atoms with Gasteiger partial charge in [-0.25, -0.2) is 0 Å². The molecular weight excluding hydrogens is 424 g/mol. The van der Waals surface area contributed by atoms with E-state index in [2.05, 4.69) is 0 Å². The number of hydrogen-bond acceptors (Lipinski definition) is 4. The molecule has 0 radical (unpaired) electrons. The Labute approximate surface area is 198 Å². The van der Waals surface area contributed by atoms with Crippen LogP contribution >= 0.6 is 0 Å². The molecule has 0 unspecified atom stereocenters. The second-order valence-corrected chi connectivity index (χ2v) is 9.11. The number of para-hydroxylation sites is 1. The summed E-state index contributed by atoms with van der Waals surface area (Å²) in [5.74, 6) is -1.79. The number of fused-ring (bicyclic) bond motifs is 5. The van der Waals surface area contributed by atoms with E-state index in [1.807, 2.05) is 89.8 Å². The zero-order valence-electron chi connectivity index (χ0n) is 18.6. The third-order valence-electron chi connectivity index (χ3n) is 7.30. The van der Waals surface area contributed by atoms with Gasteiger partial charge in [0.15, 0.2) is 5.78 Å². The monoisotopic (exact) mass is 448 g/mol. The van der Waals surface area contributed by atoms with E-state index in [4.69, 9.17) is 0 Å². The van der Waals surface area contributed by atoms with Crippen molar-refractivity contribution in [3.05, 3.63) is 108 Å². The van der Waals surface area contributed by atoms with Gasteiger partial charge in [0.05, 0.1) is 17.9 Å². The summed E-state index contributed by atoms with van der Waals surface area (Å²) in [7, 11) is 0. The molecule has 0 aliphatic carbocycles. The largest absolute Gasteiger partial charge is 0.352 e. The molecule has 5 nitrogen and oxygen atoms in total. The third kappa shape index (κ3) is 3.11. The first kappa shape index (κ1) is 20.6. The fourth-order valence-corrected chi connectivity index (χ4v) is 5.75. The van der Waals surface area contributed by atoms with Gasteiger partial charge < -0.3 is 4.90 Å². The average molecular weight is 449 g/mol. The zero-order valence-corrected chi connectivity index (χ0v) is 18.6. The number of ketones is 1. The molecule has 3 aromatic rings. The number of likely N-dealkylation sites (tertiary alicyclic amines) is 1. The Hall–Kier alpha value is -3.99. The van der Waals surface area contributed by atoms with Crippen molar-refractivity contribution in [3.8, 4) is 0 Å². The highest BCUT2D eigenvalue weighted by atomic mass is 16.2. The van der Waals surface area contributed by atoms with Crippen LogP contribution in [0.4, 0.5) is 5.69 Å². The highest BCUT2D eigenvalue weighted by Gasteiger charge is 2.63. The van der Waals surface area contributed by atoms with Gasteiger partial charge in [-0.2, -0.15) is 0 Å². The minimum absolute atomic E-state index is 0.116.